The van der Waals surface area contributed by atoms with Crippen LogP contribution in [0.15, 0.2) is 12.3 Å². The number of rotatable bonds is 7. The molecule has 104 valence electrons. The maximum Gasteiger partial charge on any atom is 0.339 e. The maximum atomic E-state index is 11.3. The molecule has 0 aromatic carbocycles. The highest BCUT2D eigenvalue weighted by molar-refractivity contribution is 5.90. The van der Waals surface area contributed by atoms with Crippen LogP contribution in [-0.4, -0.2) is 42.7 Å². The van der Waals surface area contributed by atoms with Gasteiger partial charge in [0.05, 0.1) is 24.2 Å². The van der Waals surface area contributed by atoms with E-state index >= 15 is 0 Å². The summed E-state index contributed by atoms with van der Waals surface area (Å²) < 4.78 is 9.58. The van der Waals surface area contributed by atoms with Crippen LogP contribution in [0.4, 0.5) is 11.5 Å². The summed E-state index contributed by atoms with van der Waals surface area (Å²) in [5.41, 5.74) is -0.246. The van der Waals surface area contributed by atoms with Crippen molar-refractivity contribution >= 4 is 17.5 Å². The first kappa shape index (κ1) is 14.8. The zero-order valence-corrected chi connectivity index (χ0v) is 10.7. The number of nitro groups is 1. The van der Waals surface area contributed by atoms with Crippen molar-refractivity contribution in [1.29, 1.82) is 0 Å². The van der Waals surface area contributed by atoms with Crippen LogP contribution in [0.1, 0.15) is 17.3 Å². The quantitative estimate of drug-likeness (QED) is 0.343. The molecular formula is C11H15N3O5. The molecule has 0 radical (unpaired) electrons. The number of carbonyl (C=O) groups is 1. The van der Waals surface area contributed by atoms with E-state index in [4.69, 9.17) is 4.74 Å². The number of anilines is 1. The molecule has 0 aliphatic rings. The van der Waals surface area contributed by atoms with Gasteiger partial charge in [-0.3, -0.25) is 10.1 Å². The number of nitrogens with one attached hydrogen (secondary N) is 1. The molecule has 0 saturated carbocycles. The molecule has 19 heavy (non-hydrogen) atoms. The molecule has 8 heteroatoms. The minimum absolute atomic E-state index is 0.0320. The Bertz CT molecular complexity index is 464. The molecule has 0 spiro atoms. The molecule has 0 aliphatic carbocycles. The van der Waals surface area contributed by atoms with Gasteiger partial charge in [0.2, 0.25) is 5.82 Å². The number of aromatic nitrogens is 1. The van der Waals surface area contributed by atoms with Gasteiger partial charge in [0.1, 0.15) is 0 Å². The fraction of sp³-hybridized carbons (Fsp3) is 0.455. The van der Waals surface area contributed by atoms with E-state index in [0.717, 1.165) is 6.07 Å². The van der Waals surface area contributed by atoms with Crippen LogP contribution < -0.4 is 5.32 Å². The Hall–Kier alpha value is -2.22. The van der Waals surface area contributed by atoms with Crippen molar-refractivity contribution in [3.05, 3.63) is 27.9 Å². The summed E-state index contributed by atoms with van der Waals surface area (Å²) in [5, 5.41) is 13.7. The molecule has 1 aromatic rings. The first-order valence-electron chi connectivity index (χ1n) is 5.64. The monoisotopic (exact) mass is 269 g/mol. The predicted molar refractivity (Wildman–Crippen MR) is 67.2 cm³/mol. The lowest BCUT2D eigenvalue weighted by molar-refractivity contribution is -0.384. The van der Waals surface area contributed by atoms with Gasteiger partial charge in [0.25, 0.3) is 0 Å². The Kier molecular flexibility index (Phi) is 5.68. The first-order chi connectivity index (χ1) is 9.10. The summed E-state index contributed by atoms with van der Waals surface area (Å²) in [7, 11) is 1.20. The molecule has 1 rings (SSSR count). The van der Waals surface area contributed by atoms with Crippen LogP contribution in [-0.2, 0) is 9.47 Å². The highest BCUT2D eigenvalue weighted by atomic mass is 16.6. The molecule has 0 aliphatic heterocycles. The number of carbonyl (C=O) groups excluding carboxylic acids is 1. The Morgan fingerprint density at radius 1 is 1.58 bits per heavy atom. The van der Waals surface area contributed by atoms with Crippen LogP contribution in [0.25, 0.3) is 0 Å². The highest BCUT2D eigenvalue weighted by Gasteiger charge is 2.19. The number of hydrogen-bond donors (Lipinski definition) is 1. The van der Waals surface area contributed by atoms with Crippen LogP contribution >= 0.6 is 0 Å². The van der Waals surface area contributed by atoms with Gasteiger partial charge in [-0.1, -0.05) is 0 Å². The Morgan fingerprint density at radius 3 is 2.89 bits per heavy atom. The molecule has 0 unspecified atom stereocenters. The molecule has 1 aromatic heterocycles. The third kappa shape index (κ3) is 4.18. The van der Waals surface area contributed by atoms with Gasteiger partial charge in [-0.05, 0) is 6.92 Å². The van der Waals surface area contributed by atoms with E-state index in [2.05, 4.69) is 15.0 Å². The van der Waals surface area contributed by atoms with Gasteiger partial charge >= 0.3 is 11.7 Å². The van der Waals surface area contributed by atoms with E-state index in [-0.39, 0.29) is 17.1 Å². The number of methoxy groups -OCH3 is 1. The molecule has 0 bridgehead atoms. The van der Waals surface area contributed by atoms with Crippen molar-refractivity contribution in [3.63, 3.8) is 0 Å². The van der Waals surface area contributed by atoms with Crippen molar-refractivity contribution in [1.82, 2.24) is 4.98 Å². The minimum atomic E-state index is -0.670. The second-order valence-corrected chi connectivity index (χ2v) is 3.46. The van der Waals surface area contributed by atoms with E-state index in [0.29, 0.717) is 19.8 Å². The van der Waals surface area contributed by atoms with E-state index in [1.165, 1.54) is 13.3 Å². The van der Waals surface area contributed by atoms with E-state index in [9.17, 15) is 14.9 Å². The Balaban J connectivity index is 2.86. The minimum Gasteiger partial charge on any atom is -0.465 e. The second kappa shape index (κ2) is 7.27. The number of nitrogens with zero attached hydrogens (tertiary/aromatic N) is 2. The van der Waals surface area contributed by atoms with Gasteiger partial charge in [0.15, 0.2) is 0 Å². The number of esters is 1. The molecule has 0 fully saturated rings. The molecular weight excluding hydrogens is 254 g/mol. The van der Waals surface area contributed by atoms with Crippen molar-refractivity contribution in [2.24, 2.45) is 0 Å². The largest absolute Gasteiger partial charge is 0.465 e. The van der Waals surface area contributed by atoms with E-state index in [1.807, 2.05) is 6.92 Å². The Labute approximate surface area is 109 Å². The summed E-state index contributed by atoms with van der Waals surface area (Å²) in [5.74, 6) is -0.575. The highest BCUT2D eigenvalue weighted by Crippen LogP contribution is 2.22. The number of ether oxygens (including phenoxy) is 2. The molecule has 0 atom stereocenters. The fourth-order valence-corrected chi connectivity index (χ4v) is 1.34. The normalized spacial score (nSPS) is 10.0. The lowest BCUT2D eigenvalue weighted by Gasteiger charge is -2.07. The van der Waals surface area contributed by atoms with Gasteiger partial charge in [-0.2, -0.15) is 0 Å². The summed E-state index contributed by atoms with van der Waals surface area (Å²) in [6.45, 7) is 3.22. The van der Waals surface area contributed by atoms with Crippen molar-refractivity contribution in [2.45, 2.75) is 6.92 Å². The average Bonchev–Trinajstić information content (AvgIpc) is 2.42. The van der Waals surface area contributed by atoms with Gasteiger partial charge in [-0.25, -0.2) is 9.78 Å². The second-order valence-electron chi connectivity index (χ2n) is 3.46. The summed E-state index contributed by atoms with van der Waals surface area (Å²) in [4.78, 5) is 25.4. The molecule has 0 saturated heterocycles. The molecule has 1 N–H and O–H groups in total. The maximum absolute atomic E-state index is 11.3. The number of pyridine rings is 1. The first-order valence-corrected chi connectivity index (χ1v) is 5.64. The van der Waals surface area contributed by atoms with Gasteiger partial charge in [-0.15, -0.1) is 0 Å². The van der Waals surface area contributed by atoms with Crippen LogP contribution in [0.5, 0.6) is 0 Å². The smallest absolute Gasteiger partial charge is 0.339 e. The number of hydrogen-bond acceptors (Lipinski definition) is 7. The zero-order valence-electron chi connectivity index (χ0n) is 10.7. The van der Waals surface area contributed by atoms with E-state index < -0.39 is 10.9 Å². The third-order valence-electron chi connectivity index (χ3n) is 2.23. The van der Waals surface area contributed by atoms with Crippen LogP contribution in [0, 0.1) is 10.1 Å². The van der Waals surface area contributed by atoms with E-state index in [1.54, 1.807) is 0 Å². The zero-order chi connectivity index (χ0) is 14.3. The van der Waals surface area contributed by atoms with Crippen molar-refractivity contribution in [2.75, 3.05) is 32.2 Å². The molecule has 1 heterocycles. The van der Waals surface area contributed by atoms with Crippen LogP contribution in [0.2, 0.25) is 0 Å². The average molecular weight is 269 g/mol. The Morgan fingerprint density at radius 2 is 2.32 bits per heavy atom. The van der Waals surface area contributed by atoms with Gasteiger partial charge in [0, 0.05) is 25.4 Å². The van der Waals surface area contributed by atoms with Gasteiger partial charge < -0.3 is 14.8 Å². The summed E-state index contributed by atoms with van der Waals surface area (Å²) in [6, 6.07) is 1.13. The SMILES string of the molecule is CCOCCNc1ncc(C(=O)OC)cc1[N+](=O)[O-]. The van der Waals surface area contributed by atoms with Crippen LogP contribution in [0.3, 0.4) is 0 Å². The summed E-state index contributed by atoms with van der Waals surface area (Å²) >= 11 is 0. The molecule has 0 amide bonds. The lowest BCUT2D eigenvalue weighted by Crippen LogP contribution is -2.12. The summed E-state index contributed by atoms with van der Waals surface area (Å²) in [6.07, 6.45) is 1.22. The predicted octanol–water partition coefficient (Wildman–Crippen LogP) is 1.22. The van der Waals surface area contributed by atoms with Crippen molar-refractivity contribution in [3.8, 4) is 0 Å². The molecule has 8 nitrogen and oxygen atoms in total. The van der Waals surface area contributed by atoms with Crippen molar-refractivity contribution < 1.29 is 19.2 Å². The standard InChI is InChI=1S/C11H15N3O5/c1-3-19-5-4-12-10-9(14(16)17)6-8(7-13-10)11(15)18-2/h6-7H,3-5H2,1-2H3,(H,12,13). The lowest BCUT2D eigenvalue weighted by atomic mass is 10.2. The fourth-order valence-electron chi connectivity index (χ4n) is 1.34. The topological polar surface area (TPSA) is 104 Å². The third-order valence-corrected chi connectivity index (χ3v) is 2.23.